The van der Waals surface area contributed by atoms with Crippen molar-refractivity contribution < 1.29 is 4.79 Å². The van der Waals surface area contributed by atoms with Crippen molar-refractivity contribution in [1.29, 1.82) is 0 Å². The van der Waals surface area contributed by atoms with Gasteiger partial charge in [-0.2, -0.15) is 0 Å². The van der Waals surface area contributed by atoms with E-state index in [2.05, 4.69) is 299 Å². The fourth-order valence-electron chi connectivity index (χ4n) is 10.3. The van der Waals surface area contributed by atoms with Crippen LogP contribution in [0.1, 0.15) is 115 Å². The molecule has 3 nitrogen and oxygen atoms in total. The first-order chi connectivity index (χ1) is 35.6. The van der Waals surface area contributed by atoms with Crippen LogP contribution in [-0.4, -0.2) is 5.78 Å². The SMILES string of the molecule is C=c1c(C(C)(C)C)cc(=C(c2ccc(N(c3ccccc3)c3ccccc3)cc2)c2ccc(C(=C3C=C(C(C)(C)C)C(=O)C(C(C)(C)C)=C3)c3ccc(N(c4ccccc4)c4ccccc4)cc3)s2)cc1C(C)(C)C. The van der Waals surface area contributed by atoms with E-state index in [1.807, 2.05) is 11.3 Å². The Labute approximate surface area is 451 Å². The van der Waals surface area contributed by atoms with Gasteiger partial charge in [0.05, 0.1) is 0 Å². The van der Waals surface area contributed by atoms with Gasteiger partial charge in [0, 0.05) is 66.2 Å². The van der Waals surface area contributed by atoms with Gasteiger partial charge in [-0.05, 0) is 169 Å². The summed E-state index contributed by atoms with van der Waals surface area (Å²) in [6.45, 7) is 31.4. The third kappa shape index (κ3) is 11.1. The van der Waals surface area contributed by atoms with Crippen LogP contribution in [0.15, 0.2) is 223 Å². The Bertz CT molecular complexity index is 3400. The lowest BCUT2D eigenvalue weighted by Crippen LogP contribution is -2.33. The smallest absolute Gasteiger partial charge is 0.186 e. The van der Waals surface area contributed by atoms with Gasteiger partial charge in [0.1, 0.15) is 0 Å². The molecule has 75 heavy (non-hydrogen) atoms. The number of anilines is 6. The quantitative estimate of drug-likeness (QED) is 0.136. The van der Waals surface area contributed by atoms with Crippen LogP contribution in [0.2, 0.25) is 0 Å². The standard InChI is InChI=1S/C71H72N2OS/c1-48-59(68(2,3)4)44-51(45-60(48)69(5,6)7)65(49-34-38-57(39-35-49)72(53-26-18-14-19-27-53)54-28-20-15-21-29-54)63-42-43-64(75-63)66(52-46-61(70(8,9)10)67(74)62(47-52)71(11,12)13)50-36-40-58(41-37-50)73(55-30-22-16-23-31-55)56-32-24-17-25-33-56/h14-47H,1H2,2-13H3. The summed E-state index contributed by atoms with van der Waals surface area (Å²) >= 11 is 1.81. The summed E-state index contributed by atoms with van der Waals surface area (Å²) in [5.41, 5.74) is 15.0. The number of nitrogens with zero attached hydrogens (tertiary/aromatic N) is 2. The van der Waals surface area contributed by atoms with E-state index in [0.717, 1.165) is 93.3 Å². The number of benzene rings is 7. The van der Waals surface area contributed by atoms with Crippen molar-refractivity contribution in [3.63, 3.8) is 0 Å². The molecule has 1 heterocycles. The first-order valence-corrected chi connectivity index (χ1v) is 27.1. The molecule has 378 valence electrons. The molecule has 0 atom stereocenters. The van der Waals surface area contributed by atoms with Gasteiger partial charge in [0.25, 0.3) is 0 Å². The fourth-order valence-corrected chi connectivity index (χ4v) is 11.5. The molecular formula is C71H72N2OS. The topological polar surface area (TPSA) is 23.6 Å². The number of allylic oxidation sites excluding steroid dienone is 5. The van der Waals surface area contributed by atoms with Crippen LogP contribution in [0.5, 0.6) is 0 Å². The molecule has 9 rings (SSSR count). The van der Waals surface area contributed by atoms with E-state index in [-0.39, 0.29) is 27.4 Å². The third-order valence-corrected chi connectivity index (χ3v) is 15.3. The minimum Gasteiger partial charge on any atom is -0.311 e. The highest BCUT2D eigenvalue weighted by Crippen LogP contribution is 2.45. The largest absolute Gasteiger partial charge is 0.311 e. The van der Waals surface area contributed by atoms with Crippen molar-refractivity contribution in [1.82, 2.24) is 0 Å². The Kier molecular flexibility index (Phi) is 14.4. The second-order valence-electron chi connectivity index (χ2n) is 24.0. The molecule has 0 spiro atoms. The zero-order valence-electron chi connectivity index (χ0n) is 46.0. The summed E-state index contributed by atoms with van der Waals surface area (Å²) in [7, 11) is 0. The van der Waals surface area contributed by atoms with Crippen molar-refractivity contribution in [2.45, 2.75) is 93.9 Å². The maximum atomic E-state index is 14.5. The molecule has 0 saturated carbocycles. The highest BCUT2D eigenvalue weighted by molar-refractivity contribution is 7.14. The Balaban J connectivity index is 1.30. The molecule has 1 aliphatic rings. The minimum absolute atomic E-state index is 0.122. The monoisotopic (exact) mass is 1000 g/mol. The molecule has 1 aromatic heterocycles. The number of rotatable bonds is 10. The fraction of sp³-hybridized carbons (Fsp3) is 0.225. The van der Waals surface area contributed by atoms with Gasteiger partial charge in [0.15, 0.2) is 5.78 Å². The predicted octanol–water partition coefficient (Wildman–Crippen LogP) is 18.3. The number of hydrogen-bond acceptors (Lipinski definition) is 4. The number of Topliss-reactive ketones (excluding diaryl/α,β-unsaturated/α-hetero) is 1. The number of hydrogen-bond donors (Lipinski definition) is 0. The van der Waals surface area contributed by atoms with Gasteiger partial charge in [-0.25, -0.2) is 0 Å². The first-order valence-electron chi connectivity index (χ1n) is 26.3. The van der Waals surface area contributed by atoms with Crippen LogP contribution in [0.3, 0.4) is 0 Å². The van der Waals surface area contributed by atoms with Crippen LogP contribution >= 0.6 is 11.3 Å². The lowest BCUT2D eigenvalue weighted by Gasteiger charge is -2.32. The highest BCUT2D eigenvalue weighted by atomic mass is 32.1. The van der Waals surface area contributed by atoms with Crippen molar-refractivity contribution >= 4 is 69.0 Å². The van der Waals surface area contributed by atoms with Crippen molar-refractivity contribution in [3.05, 3.63) is 265 Å². The van der Waals surface area contributed by atoms with E-state index in [4.69, 9.17) is 6.58 Å². The van der Waals surface area contributed by atoms with Gasteiger partial charge in [-0.3, -0.25) is 4.79 Å². The van der Waals surface area contributed by atoms with E-state index in [1.54, 1.807) is 0 Å². The van der Waals surface area contributed by atoms with Crippen LogP contribution in [0.25, 0.3) is 17.7 Å². The van der Waals surface area contributed by atoms with E-state index < -0.39 is 0 Å². The summed E-state index contributed by atoms with van der Waals surface area (Å²) in [4.78, 5) is 21.4. The van der Waals surface area contributed by atoms with E-state index in [1.165, 1.54) is 11.1 Å². The van der Waals surface area contributed by atoms with Crippen LogP contribution in [0.4, 0.5) is 34.1 Å². The van der Waals surface area contributed by atoms with Crippen LogP contribution in [-0.2, 0) is 15.6 Å². The van der Waals surface area contributed by atoms with E-state index in [0.29, 0.717) is 0 Å². The summed E-state index contributed by atoms with van der Waals surface area (Å²) in [6, 6.07) is 69.7. The lowest BCUT2D eigenvalue weighted by atomic mass is 9.71. The Morgan fingerprint density at radius 1 is 0.387 bits per heavy atom. The number of ketones is 1. The Morgan fingerprint density at radius 2 is 0.693 bits per heavy atom. The average molecular weight is 1000 g/mol. The Hall–Kier alpha value is -7.53. The van der Waals surface area contributed by atoms with E-state index in [9.17, 15) is 4.79 Å². The second-order valence-corrected chi connectivity index (χ2v) is 25.1. The maximum absolute atomic E-state index is 14.5. The molecule has 0 unspecified atom stereocenters. The van der Waals surface area contributed by atoms with Gasteiger partial charge >= 0.3 is 0 Å². The van der Waals surface area contributed by atoms with Gasteiger partial charge in [-0.15, -0.1) is 11.3 Å². The maximum Gasteiger partial charge on any atom is 0.186 e. The third-order valence-electron chi connectivity index (χ3n) is 14.1. The minimum atomic E-state index is -0.381. The normalized spacial score (nSPS) is 13.3. The first kappa shape index (κ1) is 52.3. The molecule has 0 saturated heterocycles. The number of carbonyl (C=O) groups excluding carboxylic acids is 1. The van der Waals surface area contributed by atoms with Gasteiger partial charge in [-0.1, -0.05) is 187 Å². The molecule has 0 N–H and O–H groups in total. The summed E-state index contributed by atoms with van der Waals surface area (Å²) in [5.74, 6) is 0.122. The molecule has 0 bridgehead atoms. The van der Waals surface area contributed by atoms with Gasteiger partial charge in [0.2, 0.25) is 0 Å². The number of thiophene rings is 1. The molecule has 0 fully saturated rings. The molecule has 1 aliphatic carbocycles. The molecule has 4 heteroatoms. The Morgan fingerprint density at radius 3 is 1.01 bits per heavy atom. The predicted molar refractivity (Wildman–Crippen MR) is 323 cm³/mol. The molecule has 8 aromatic rings. The second kappa shape index (κ2) is 20.6. The van der Waals surface area contributed by atoms with Crippen LogP contribution < -0.4 is 20.2 Å². The van der Waals surface area contributed by atoms with Crippen LogP contribution in [0, 0.1) is 10.8 Å². The number of para-hydroxylation sites is 4. The zero-order chi connectivity index (χ0) is 53.5. The molecule has 0 aliphatic heterocycles. The summed E-state index contributed by atoms with van der Waals surface area (Å²) in [6.07, 6.45) is 4.35. The molecule has 0 amide bonds. The summed E-state index contributed by atoms with van der Waals surface area (Å²) in [5, 5.41) is 2.26. The summed E-state index contributed by atoms with van der Waals surface area (Å²) < 4.78 is 0. The molecule has 7 aromatic carbocycles. The lowest BCUT2D eigenvalue weighted by molar-refractivity contribution is -0.114. The highest BCUT2D eigenvalue weighted by Gasteiger charge is 2.35. The molecular weight excluding hydrogens is 929 g/mol. The zero-order valence-corrected chi connectivity index (χ0v) is 46.9. The van der Waals surface area contributed by atoms with Gasteiger partial charge < -0.3 is 9.80 Å². The molecule has 0 radical (unpaired) electrons. The van der Waals surface area contributed by atoms with Crippen molar-refractivity contribution in [2.24, 2.45) is 10.8 Å². The van der Waals surface area contributed by atoms with Crippen molar-refractivity contribution in [2.75, 3.05) is 9.80 Å². The van der Waals surface area contributed by atoms with Crippen molar-refractivity contribution in [3.8, 4) is 0 Å². The number of carbonyl (C=O) groups is 1. The van der Waals surface area contributed by atoms with E-state index >= 15 is 0 Å². The average Bonchev–Trinajstić information content (AvgIpc) is 3.85.